The van der Waals surface area contributed by atoms with Crippen LogP contribution in [0.1, 0.15) is 27.2 Å². The van der Waals surface area contributed by atoms with E-state index in [-0.39, 0.29) is 6.04 Å². The van der Waals surface area contributed by atoms with Gasteiger partial charge in [-0.2, -0.15) is 0 Å². The Morgan fingerprint density at radius 3 is 1.81 bits per heavy atom. The summed E-state index contributed by atoms with van der Waals surface area (Å²) in [7, 11) is 5.85. The van der Waals surface area contributed by atoms with E-state index in [2.05, 4.69) is 18.7 Å². The Bertz CT molecular complexity index is 176. The number of aliphatic hydroxyl groups is 2. The van der Waals surface area contributed by atoms with Crippen LogP contribution in [-0.2, 0) is 0 Å². The number of hydrogen-bond donors (Lipinski definition) is 2. The summed E-state index contributed by atoms with van der Waals surface area (Å²) in [4.78, 5) is 4.07. The van der Waals surface area contributed by atoms with E-state index in [1.165, 1.54) is 0 Å². The van der Waals surface area contributed by atoms with Crippen molar-refractivity contribution in [1.82, 2.24) is 9.80 Å². The van der Waals surface area contributed by atoms with Crippen LogP contribution in [0.3, 0.4) is 0 Å². The number of aliphatic hydroxyl groups excluding tert-OH is 2. The van der Waals surface area contributed by atoms with E-state index in [1.807, 2.05) is 26.0 Å². The molecule has 2 N–H and O–H groups in total. The Morgan fingerprint density at radius 1 is 1.00 bits per heavy atom. The van der Waals surface area contributed by atoms with E-state index >= 15 is 0 Å². The summed E-state index contributed by atoms with van der Waals surface area (Å²) in [6, 6.07) is 0.439. The van der Waals surface area contributed by atoms with E-state index in [0.29, 0.717) is 19.0 Å². The summed E-state index contributed by atoms with van der Waals surface area (Å²) >= 11 is 0. The van der Waals surface area contributed by atoms with Crippen LogP contribution < -0.4 is 0 Å². The summed E-state index contributed by atoms with van der Waals surface area (Å²) in [5, 5.41) is 19.6. The Hall–Kier alpha value is -0.160. The Labute approximate surface area is 99.9 Å². The van der Waals surface area contributed by atoms with Gasteiger partial charge in [0.2, 0.25) is 0 Å². The predicted molar refractivity (Wildman–Crippen MR) is 67.5 cm³/mol. The van der Waals surface area contributed by atoms with Crippen molar-refractivity contribution in [1.29, 1.82) is 0 Å². The van der Waals surface area contributed by atoms with Gasteiger partial charge in [0.05, 0.1) is 12.2 Å². The highest BCUT2D eigenvalue weighted by Crippen LogP contribution is 2.10. The van der Waals surface area contributed by atoms with Crippen molar-refractivity contribution < 1.29 is 10.2 Å². The fraction of sp³-hybridized carbons (Fsp3) is 1.00. The monoisotopic (exact) mass is 232 g/mol. The van der Waals surface area contributed by atoms with Gasteiger partial charge in [-0.15, -0.1) is 0 Å². The van der Waals surface area contributed by atoms with Crippen LogP contribution in [0.5, 0.6) is 0 Å². The molecule has 0 radical (unpaired) electrons. The molecular formula is C12H28N2O2. The van der Waals surface area contributed by atoms with Gasteiger partial charge >= 0.3 is 0 Å². The fourth-order valence-electron chi connectivity index (χ4n) is 1.74. The van der Waals surface area contributed by atoms with Crippen molar-refractivity contribution in [2.45, 2.75) is 51.5 Å². The van der Waals surface area contributed by atoms with Gasteiger partial charge in [-0.05, 0) is 48.3 Å². The number of rotatable bonds is 7. The molecule has 0 bridgehead atoms. The largest absolute Gasteiger partial charge is 0.392 e. The maximum Gasteiger partial charge on any atom is 0.0683 e. The molecule has 4 nitrogen and oxygen atoms in total. The maximum absolute atomic E-state index is 9.96. The molecule has 4 heteroatoms. The average Bonchev–Trinajstić information content (AvgIpc) is 2.12. The van der Waals surface area contributed by atoms with Gasteiger partial charge in [-0.1, -0.05) is 0 Å². The molecule has 0 aliphatic carbocycles. The van der Waals surface area contributed by atoms with Gasteiger partial charge in [0.15, 0.2) is 0 Å². The van der Waals surface area contributed by atoms with Crippen LogP contribution in [-0.4, -0.2) is 72.0 Å². The lowest BCUT2D eigenvalue weighted by Crippen LogP contribution is -2.43. The molecule has 0 heterocycles. The lowest BCUT2D eigenvalue weighted by Gasteiger charge is -2.31. The Balaban J connectivity index is 4.15. The van der Waals surface area contributed by atoms with Crippen molar-refractivity contribution in [2.75, 3.05) is 27.7 Å². The van der Waals surface area contributed by atoms with E-state index in [4.69, 9.17) is 0 Å². The third-order valence-electron chi connectivity index (χ3n) is 3.11. The standard InChI is InChI=1S/C12H28N2O2/c1-9(2)14(6)8-11(16)7-12(10(3)15)13(4)5/h9-12,15-16H,7-8H2,1-6H3. The van der Waals surface area contributed by atoms with Crippen molar-refractivity contribution in [3.05, 3.63) is 0 Å². The van der Waals surface area contributed by atoms with Crippen molar-refractivity contribution in [3.63, 3.8) is 0 Å². The first-order valence-corrected chi connectivity index (χ1v) is 5.98. The van der Waals surface area contributed by atoms with Crippen LogP contribution in [0.15, 0.2) is 0 Å². The molecule has 0 saturated carbocycles. The molecule has 0 aliphatic heterocycles. The minimum Gasteiger partial charge on any atom is -0.392 e. The predicted octanol–water partition coefficient (Wildman–Crippen LogP) is 0.389. The van der Waals surface area contributed by atoms with Gasteiger partial charge in [0.25, 0.3) is 0 Å². The molecule has 0 fully saturated rings. The van der Waals surface area contributed by atoms with Gasteiger partial charge in [0, 0.05) is 18.6 Å². The zero-order valence-corrected chi connectivity index (χ0v) is 11.5. The molecule has 0 saturated heterocycles. The van der Waals surface area contributed by atoms with Crippen molar-refractivity contribution >= 4 is 0 Å². The fourth-order valence-corrected chi connectivity index (χ4v) is 1.74. The normalized spacial score (nSPS) is 18.2. The smallest absolute Gasteiger partial charge is 0.0683 e. The van der Waals surface area contributed by atoms with E-state index in [1.54, 1.807) is 6.92 Å². The highest BCUT2D eigenvalue weighted by atomic mass is 16.3. The van der Waals surface area contributed by atoms with Gasteiger partial charge in [0.1, 0.15) is 0 Å². The number of likely N-dealkylation sites (N-methyl/N-ethyl adjacent to an activating group) is 2. The molecular weight excluding hydrogens is 204 g/mol. The first-order valence-electron chi connectivity index (χ1n) is 5.98. The van der Waals surface area contributed by atoms with E-state index < -0.39 is 12.2 Å². The minimum absolute atomic E-state index is 0.00978. The second kappa shape index (κ2) is 7.22. The SMILES string of the molecule is CC(O)C(CC(O)CN(C)C(C)C)N(C)C. The number of hydrogen-bond acceptors (Lipinski definition) is 4. The molecule has 0 aromatic carbocycles. The highest BCUT2D eigenvalue weighted by Gasteiger charge is 2.22. The molecule has 3 unspecified atom stereocenters. The summed E-state index contributed by atoms with van der Waals surface area (Å²) in [5.41, 5.74) is 0. The zero-order chi connectivity index (χ0) is 12.9. The lowest BCUT2D eigenvalue weighted by atomic mass is 10.0. The summed E-state index contributed by atoms with van der Waals surface area (Å²) in [5.74, 6) is 0. The van der Waals surface area contributed by atoms with Crippen LogP contribution in [0.25, 0.3) is 0 Å². The quantitative estimate of drug-likeness (QED) is 0.666. The summed E-state index contributed by atoms with van der Waals surface area (Å²) in [6.45, 7) is 6.62. The van der Waals surface area contributed by atoms with Gasteiger partial charge in [-0.25, -0.2) is 0 Å². The molecule has 0 spiro atoms. The van der Waals surface area contributed by atoms with Crippen LogP contribution >= 0.6 is 0 Å². The van der Waals surface area contributed by atoms with Gasteiger partial charge < -0.3 is 20.0 Å². The second-order valence-corrected chi connectivity index (χ2v) is 5.19. The first-order chi connectivity index (χ1) is 7.25. The Kier molecular flexibility index (Phi) is 7.15. The molecule has 0 aromatic heterocycles. The number of nitrogens with zero attached hydrogens (tertiary/aromatic N) is 2. The van der Waals surface area contributed by atoms with Gasteiger partial charge in [-0.3, -0.25) is 0 Å². The topological polar surface area (TPSA) is 46.9 Å². The maximum atomic E-state index is 9.96. The van der Waals surface area contributed by atoms with Crippen molar-refractivity contribution in [3.8, 4) is 0 Å². The third kappa shape index (κ3) is 5.80. The first kappa shape index (κ1) is 15.8. The molecule has 0 aliphatic rings. The molecule has 0 amide bonds. The van der Waals surface area contributed by atoms with Crippen LogP contribution in [0, 0.1) is 0 Å². The lowest BCUT2D eigenvalue weighted by molar-refractivity contribution is 0.0326. The average molecular weight is 232 g/mol. The molecule has 16 heavy (non-hydrogen) atoms. The summed E-state index contributed by atoms with van der Waals surface area (Å²) < 4.78 is 0. The molecule has 0 rings (SSSR count). The van der Waals surface area contributed by atoms with Crippen LogP contribution in [0.2, 0.25) is 0 Å². The molecule has 3 atom stereocenters. The highest BCUT2D eigenvalue weighted by molar-refractivity contribution is 4.77. The molecule has 98 valence electrons. The van der Waals surface area contributed by atoms with E-state index in [9.17, 15) is 10.2 Å². The zero-order valence-electron chi connectivity index (χ0n) is 11.5. The minimum atomic E-state index is -0.422. The second-order valence-electron chi connectivity index (χ2n) is 5.19. The summed E-state index contributed by atoms with van der Waals surface area (Å²) in [6.07, 6.45) is -0.217. The third-order valence-corrected chi connectivity index (χ3v) is 3.11. The van der Waals surface area contributed by atoms with E-state index in [0.717, 1.165) is 0 Å². The van der Waals surface area contributed by atoms with Crippen LogP contribution in [0.4, 0.5) is 0 Å². The van der Waals surface area contributed by atoms with Crippen molar-refractivity contribution in [2.24, 2.45) is 0 Å². The Morgan fingerprint density at radius 2 is 1.50 bits per heavy atom. The molecule has 0 aromatic rings.